The van der Waals surface area contributed by atoms with Crippen LogP contribution in [0.5, 0.6) is 0 Å². The van der Waals surface area contributed by atoms with Gasteiger partial charge >= 0.3 is 0 Å². The fourth-order valence-electron chi connectivity index (χ4n) is 3.65. The van der Waals surface area contributed by atoms with Crippen molar-refractivity contribution in [2.75, 3.05) is 0 Å². The molecule has 4 aromatic carbocycles. The molecule has 0 aliphatic carbocycles. The molecular formula is C24H19N3O5. The first-order chi connectivity index (χ1) is 15.5. The third kappa shape index (κ3) is 4.61. The van der Waals surface area contributed by atoms with Crippen LogP contribution in [0, 0.1) is 25.4 Å². The first-order valence-corrected chi connectivity index (χ1v) is 9.58. The van der Waals surface area contributed by atoms with Crippen LogP contribution >= 0.6 is 0 Å². The molecule has 0 fully saturated rings. The standard InChI is InChI=1S/C24H19N2O2.NO3/c27-25(28)20-16-18-24(19-17-20)26(21-10-4-1-5-11-21,22-12-6-2-7-13-22)23-14-8-3-9-15-23;2-1(3)4/h1-19H;/q+1;-1. The van der Waals surface area contributed by atoms with Crippen molar-refractivity contribution in [3.05, 3.63) is 141 Å². The topological polar surface area (TPSA) is 109 Å². The van der Waals surface area contributed by atoms with Gasteiger partial charge in [-0.1, -0.05) is 54.6 Å². The largest absolute Gasteiger partial charge is 0.356 e. The Hall–Kier alpha value is -4.56. The van der Waals surface area contributed by atoms with Crippen LogP contribution in [-0.2, 0) is 0 Å². The van der Waals surface area contributed by atoms with E-state index < -0.39 is 5.09 Å². The third-order valence-corrected chi connectivity index (χ3v) is 4.88. The Morgan fingerprint density at radius 2 is 0.750 bits per heavy atom. The molecule has 0 saturated heterocycles. The predicted molar refractivity (Wildman–Crippen MR) is 124 cm³/mol. The summed E-state index contributed by atoms with van der Waals surface area (Å²) in [5, 5.41) is 25.9. The SMILES string of the molecule is O=[N+]([O-])[O-].O=[N+]([O-])c1ccc([N+](c2ccccc2)(c2ccccc2)c2ccccc2)cc1. The average Bonchev–Trinajstić information content (AvgIpc) is 2.82. The molecule has 0 amide bonds. The number of nitro benzene ring substituents is 1. The maximum atomic E-state index is 11.2. The first kappa shape index (κ1) is 22.1. The molecule has 0 aliphatic rings. The quantitative estimate of drug-likeness (QED) is 0.200. The number of nitro groups is 1. The van der Waals surface area contributed by atoms with Gasteiger partial charge in [0.15, 0.2) is 0 Å². The fraction of sp³-hybridized carbons (Fsp3) is 0. The zero-order valence-electron chi connectivity index (χ0n) is 16.9. The molecule has 4 aromatic rings. The second kappa shape index (κ2) is 9.96. The highest BCUT2D eigenvalue weighted by molar-refractivity contribution is 5.81. The number of para-hydroxylation sites is 3. The van der Waals surface area contributed by atoms with Crippen LogP contribution in [0.3, 0.4) is 0 Å². The Labute approximate surface area is 184 Å². The highest BCUT2D eigenvalue weighted by Crippen LogP contribution is 2.51. The molecule has 0 bridgehead atoms. The van der Waals surface area contributed by atoms with Gasteiger partial charge in [-0.2, -0.15) is 4.48 Å². The normalized spacial score (nSPS) is 10.5. The molecule has 0 heterocycles. The van der Waals surface area contributed by atoms with E-state index in [1.807, 2.05) is 66.7 Å². The van der Waals surface area contributed by atoms with Crippen molar-refractivity contribution in [1.82, 2.24) is 4.48 Å². The average molecular weight is 429 g/mol. The Bertz CT molecular complexity index is 1070. The molecule has 0 aliphatic heterocycles. The maximum absolute atomic E-state index is 11.2. The van der Waals surface area contributed by atoms with Gasteiger partial charge in [0.05, 0.1) is 10.0 Å². The Kier molecular flexibility index (Phi) is 6.89. The van der Waals surface area contributed by atoms with Crippen LogP contribution in [0.25, 0.3) is 0 Å². The van der Waals surface area contributed by atoms with Crippen molar-refractivity contribution in [3.8, 4) is 0 Å². The number of hydrogen-bond donors (Lipinski definition) is 0. The molecule has 0 unspecified atom stereocenters. The van der Waals surface area contributed by atoms with Gasteiger partial charge in [-0.3, -0.25) is 10.1 Å². The molecule has 0 saturated carbocycles. The Morgan fingerprint density at radius 3 is 1.03 bits per heavy atom. The van der Waals surface area contributed by atoms with Crippen LogP contribution in [0.15, 0.2) is 115 Å². The van der Waals surface area contributed by atoms with Crippen LogP contribution in [0.1, 0.15) is 0 Å². The summed E-state index contributed by atoms with van der Waals surface area (Å²) in [6.45, 7) is 0. The van der Waals surface area contributed by atoms with Gasteiger partial charge in [-0.25, -0.2) is 0 Å². The summed E-state index contributed by atoms with van der Waals surface area (Å²) in [5.74, 6) is 0. The fourth-order valence-corrected chi connectivity index (χ4v) is 3.65. The highest BCUT2D eigenvalue weighted by atomic mass is 16.9. The van der Waals surface area contributed by atoms with Crippen LogP contribution in [0.4, 0.5) is 28.4 Å². The van der Waals surface area contributed by atoms with Gasteiger partial charge in [-0.15, -0.1) is 0 Å². The van der Waals surface area contributed by atoms with Crippen molar-refractivity contribution in [3.63, 3.8) is 0 Å². The van der Waals surface area contributed by atoms with Gasteiger partial charge in [0, 0.05) is 60.7 Å². The van der Waals surface area contributed by atoms with Crippen LogP contribution < -0.4 is 4.48 Å². The molecule has 0 N–H and O–H groups in total. The van der Waals surface area contributed by atoms with E-state index >= 15 is 0 Å². The molecule has 0 radical (unpaired) electrons. The molecule has 0 atom stereocenters. The zero-order valence-corrected chi connectivity index (χ0v) is 16.9. The van der Waals surface area contributed by atoms with E-state index in [0.717, 1.165) is 22.7 Å². The summed E-state index contributed by atoms with van der Waals surface area (Å²) in [4.78, 5) is 19.1. The lowest BCUT2D eigenvalue weighted by atomic mass is 10.1. The number of quaternary nitrogens is 1. The lowest BCUT2D eigenvalue weighted by Crippen LogP contribution is -2.33. The van der Waals surface area contributed by atoms with Crippen LogP contribution in [-0.4, -0.2) is 10.0 Å². The third-order valence-electron chi connectivity index (χ3n) is 4.88. The summed E-state index contributed by atoms with van der Waals surface area (Å²) in [5.41, 5.74) is 4.15. The van der Waals surface area contributed by atoms with E-state index in [4.69, 9.17) is 15.3 Å². The summed E-state index contributed by atoms with van der Waals surface area (Å²) >= 11 is 0. The lowest BCUT2D eigenvalue weighted by molar-refractivity contribution is -0.402. The number of rotatable bonds is 5. The molecule has 8 nitrogen and oxygen atoms in total. The molecule has 8 heteroatoms. The molecular weight excluding hydrogens is 410 g/mol. The van der Waals surface area contributed by atoms with Gasteiger partial charge in [0.2, 0.25) is 0 Å². The number of non-ortho nitro benzene ring substituents is 1. The van der Waals surface area contributed by atoms with Gasteiger partial charge < -0.3 is 15.3 Å². The molecule has 0 aromatic heterocycles. The van der Waals surface area contributed by atoms with Crippen molar-refractivity contribution in [1.29, 1.82) is 0 Å². The van der Waals surface area contributed by atoms with Crippen molar-refractivity contribution in [2.24, 2.45) is 0 Å². The highest BCUT2D eigenvalue weighted by Gasteiger charge is 2.39. The summed E-state index contributed by atoms with van der Waals surface area (Å²) in [6, 6.07) is 37.4. The Morgan fingerprint density at radius 1 is 0.469 bits per heavy atom. The number of benzene rings is 4. The monoisotopic (exact) mass is 429 g/mol. The lowest BCUT2D eigenvalue weighted by Gasteiger charge is -2.36. The van der Waals surface area contributed by atoms with E-state index in [0.29, 0.717) is 4.48 Å². The molecule has 160 valence electrons. The second-order valence-electron chi connectivity index (χ2n) is 6.67. The minimum atomic E-state index is -1.75. The van der Waals surface area contributed by atoms with E-state index in [-0.39, 0.29) is 10.6 Å². The summed E-state index contributed by atoms with van der Waals surface area (Å²) in [7, 11) is 0. The molecule has 0 spiro atoms. The Balaban J connectivity index is 0.000000668. The van der Waals surface area contributed by atoms with Crippen molar-refractivity contribution < 1.29 is 10.0 Å². The minimum absolute atomic E-state index is 0.0797. The summed E-state index contributed by atoms with van der Waals surface area (Å²) < 4.78 is 0.334. The van der Waals surface area contributed by atoms with E-state index in [1.165, 1.54) is 0 Å². The van der Waals surface area contributed by atoms with Crippen LogP contribution in [0.2, 0.25) is 0 Å². The molecule has 4 rings (SSSR count). The van der Waals surface area contributed by atoms with Gasteiger partial charge in [0.25, 0.3) is 5.69 Å². The van der Waals surface area contributed by atoms with E-state index in [2.05, 4.69) is 36.4 Å². The first-order valence-electron chi connectivity index (χ1n) is 9.58. The second-order valence-corrected chi connectivity index (χ2v) is 6.67. The van der Waals surface area contributed by atoms with Gasteiger partial charge in [0.1, 0.15) is 22.7 Å². The van der Waals surface area contributed by atoms with Crippen molar-refractivity contribution in [2.45, 2.75) is 0 Å². The van der Waals surface area contributed by atoms with E-state index in [1.54, 1.807) is 12.1 Å². The van der Waals surface area contributed by atoms with Gasteiger partial charge in [-0.05, 0) is 0 Å². The number of nitrogens with zero attached hydrogens (tertiary/aromatic N) is 3. The number of hydrogen-bond acceptors (Lipinski definition) is 5. The predicted octanol–water partition coefficient (Wildman–Crippen LogP) is 6.66. The van der Waals surface area contributed by atoms with Crippen molar-refractivity contribution >= 4 is 28.4 Å². The minimum Gasteiger partial charge on any atom is -0.356 e. The van der Waals surface area contributed by atoms with E-state index in [9.17, 15) is 10.1 Å². The summed E-state index contributed by atoms with van der Waals surface area (Å²) in [6.07, 6.45) is 0. The zero-order chi connectivity index (χ0) is 23.0. The smallest absolute Gasteiger partial charge is 0.269 e. The maximum Gasteiger partial charge on any atom is 0.269 e. The molecule has 32 heavy (non-hydrogen) atoms.